The fraction of sp³-hybridized carbons (Fsp3) is 0.435. The average Bonchev–Trinajstić information content (AvgIpc) is 2.78. The van der Waals surface area contributed by atoms with E-state index in [1.54, 1.807) is 11.0 Å². The standard InChI is InChI=1S/C23H26F3NO5/c1-30-18-13-20(32-3)19(31-2)12-15(18)21(27-11-7-6-10-17(27)22(28)29)14-8-4-5-9-16(14)23(24,25)26/h4-5,8-9,12-13,17,21H,6-7,10-11H2,1-3H3,(H,28,29). The first kappa shape index (κ1) is 23.7. The molecule has 1 heterocycles. The van der Waals surface area contributed by atoms with Gasteiger partial charge in [0.15, 0.2) is 11.5 Å². The molecule has 0 aromatic heterocycles. The molecule has 0 spiro atoms. The molecule has 1 N–H and O–H groups in total. The molecule has 0 amide bonds. The van der Waals surface area contributed by atoms with E-state index in [1.165, 1.54) is 45.6 Å². The first-order valence-electron chi connectivity index (χ1n) is 10.2. The van der Waals surface area contributed by atoms with Crippen LogP contribution in [-0.2, 0) is 11.0 Å². The van der Waals surface area contributed by atoms with Gasteiger partial charge in [-0.1, -0.05) is 24.6 Å². The van der Waals surface area contributed by atoms with Gasteiger partial charge >= 0.3 is 12.1 Å². The second kappa shape index (κ2) is 9.68. The molecule has 3 rings (SSSR count). The van der Waals surface area contributed by atoms with Gasteiger partial charge in [-0.15, -0.1) is 0 Å². The van der Waals surface area contributed by atoms with Gasteiger partial charge in [-0.3, -0.25) is 9.69 Å². The highest BCUT2D eigenvalue weighted by molar-refractivity contribution is 5.74. The lowest BCUT2D eigenvalue weighted by atomic mass is 9.88. The van der Waals surface area contributed by atoms with Crippen molar-refractivity contribution in [3.63, 3.8) is 0 Å². The monoisotopic (exact) mass is 453 g/mol. The number of rotatable bonds is 7. The SMILES string of the molecule is COc1cc(OC)c(C(c2ccccc2C(F)(F)F)N2CCCCC2C(=O)O)cc1OC. The number of carbonyl (C=O) groups is 1. The number of benzene rings is 2. The molecule has 1 aliphatic heterocycles. The second-order valence-electron chi connectivity index (χ2n) is 7.52. The molecular formula is C23H26F3NO5. The molecule has 1 fully saturated rings. The normalized spacial score (nSPS) is 18.1. The molecule has 0 bridgehead atoms. The lowest BCUT2D eigenvalue weighted by molar-refractivity contribution is -0.145. The predicted molar refractivity (Wildman–Crippen MR) is 111 cm³/mol. The Morgan fingerprint density at radius 2 is 1.62 bits per heavy atom. The summed E-state index contributed by atoms with van der Waals surface area (Å²) < 4.78 is 58.2. The molecule has 2 unspecified atom stereocenters. The number of aliphatic carboxylic acids is 1. The molecule has 2 aromatic rings. The Balaban J connectivity index is 2.32. The quantitative estimate of drug-likeness (QED) is 0.652. The Bertz CT molecular complexity index is 963. The Kier molecular flexibility index (Phi) is 7.18. The minimum atomic E-state index is -4.62. The summed E-state index contributed by atoms with van der Waals surface area (Å²) in [6, 6.07) is 6.37. The van der Waals surface area contributed by atoms with Crippen molar-refractivity contribution in [3.8, 4) is 17.2 Å². The van der Waals surface area contributed by atoms with E-state index >= 15 is 0 Å². The molecule has 0 saturated carbocycles. The lowest BCUT2D eigenvalue weighted by Crippen LogP contribution is -2.47. The summed E-state index contributed by atoms with van der Waals surface area (Å²) in [4.78, 5) is 13.7. The van der Waals surface area contributed by atoms with Gasteiger partial charge in [0, 0.05) is 11.6 Å². The molecule has 32 heavy (non-hydrogen) atoms. The molecular weight excluding hydrogens is 427 g/mol. The number of hydrogen-bond acceptors (Lipinski definition) is 5. The van der Waals surface area contributed by atoms with E-state index in [2.05, 4.69) is 0 Å². The molecule has 2 aromatic carbocycles. The van der Waals surface area contributed by atoms with Crippen LogP contribution in [0.5, 0.6) is 17.2 Å². The van der Waals surface area contributed by atoms with Crippen LogP contribution in [0.4, 0.5) is 13.2 Å². The first-order valence-corrected chi connectivity index (χ1v) is 10.2. The summed E-state index contributed by atoms with van der Waals surface area (Å²) in [6.45, 7) is 0.325. The Morgan fingerprint density at radius 3 is 2.22 bits per heavy atom. The summed E-state index contributed by atoms with van der Waals surface area (Å²) in [6.07, 6.45) is -2.92. The fourth-order valence-corrected chi connectivity index (χ4v) is 4.31. The van der Waals surface area contributed by atoms with Gasteiger partial charge in [0.05, 0.1) is 32.9 Å². The number of likely N-dealkylation sites (tertiary alicyclic amines) is 1. The zero-order valence-electron chi connectivity index (χ0n) is 18.1. The van der Waals surface area contributed by atoms with Crippen molar-refractivity contribution < 1.29 is 37.3 Å². The van der Waals surface area contributed by atoms with Crippen molar-refractivity contribution in [2.45, 2.75) is 37.5 Å². The van der Waals surface area contributed by atoms with Crippen LogP contribution < -0.4 is 14.2 Å². The zero-order chi connectivity index (χ0) is 23.5. The van der Waals surface area contributed by atoms with Crippen molar-refractivity contribution in [1.82, 2.24) is 4.90 Å². The number of alkyl halides is 3. The third-order valence-corrected chi connectivity index (χ3v) is 5.75. The van der Waals surface area contributed by atoms with Gasteiger partial charge in [0.1, 0.15) is 11.8 Å². The largest absolute Gasteiger partial charge is 0.496 e. The number of halogens is 3. The van der Waals surface area contributed by atoms with Crippen molar-refractivity contribution in [1.29, 1.82) is 0 Å². The highest BCUT2D eigenvalue weighted by Gasteiger charge is 2.41. The van der Waals surface area contributed by atoms with Crippen LogP contribution in [0.15, 0.2) is 36.4 Å². The molecule has 1 aliphatic rings. The summed E-state index contributed by atoms with van der Waals surface area (Å²) in [7, 11) is 4.27. The van der Waals surface area contributed by atoms with E-state index in [-0.39, 0.29) is 11.3 Å². The van der Waals surface area contributed by atoms with Crippen LogP contribution in [-0.4, -0.2) is 49.9 Å². The van der Waals surface area contributed by atoms with Crippen LogP contribution in [0.1, 0.15) is 42.0 Å². The molecule has 1 saturated heterocycles. The number of piperidine rings is 1. The van der Waals surface area contributed by atoms with Crippen LogP contribution in [0.2, 0.25) is 0 Å². The summed E-state index contributed by atoms with van der Waals surface area (Å²) in [5, 5.41) is 9.85. The summed E-state index contributed by atoms with van der Waals surface area (Å²) in [5.41, 5.74) is -0.495. The molecule has 0 aliphatic carbocycles. The summed E-state index contributed by atoms with van der Waals surface area (Å²) >= 11 is 0. The minimum absolute atomic E-state index is 0.0429. The smallest absolute Gasteiger partial charge is 0.416 e. The van der Waals surface area contributed by atoms with E-state index in [0.717, 1.165) is 6.07 Å². The average molecular weight is 453 g/mol. The van der Waals surface area contributed by atoms with Crippen LogP contribution >= 0.6 is 0 Å². The highest BCUT2D eigenvalue weighted by atomic mass is 19.4. The number of carboxylic acids is 1. The Labute approximate surface area is 184 Å². The van der Waals surface area contributed by atoms with Crippen LogP contribution in [0, 0.1) is 0 Å². The Morgan fingerprint density at radius 1 is 1.00 bits per heavy atom. The lowest BCUT2D eigenvalue weighted by Gasteiger charge is -2.40. The van der Waals surface area contributed by atoms with Crippen molar-refractivity contribution in [2.75, 3.05) is 27.9 Å². The maximum Gasteiger partial charge on any atom is 0.416 e. The third kappa shape index (κ3) is 4.62. The zero-order valence-corrected chi connectivity index (χ0v) is 18.1. The molecule has 9 heteroatoms. The molecule has 6 nitrogen and oxygen atoms in total. The van der Waals surface area contributed by atoms with Crippen molar-refractivity contribution in [2.24, 2.45) is 0 Å². The molecule has 2 atom stereocenters. The van der Waals surface area contributed by atoms with Crippen LogP contribution in [0.3, 0.4) is 0 Å². The van der Waals surface area contributed by atoms with Crippen molar-refractivity contribution in [3.05, 3.63) is 53.1 Å². The fourth-order valence-electron chi connectivity index (χ4n) is 4.31. The number of methoxy groups -OCH3 is 3. The van der Waals surface area contributed by atoms with Gasteiger partial charge in [0.2, 0.25) is 0 Å². The Hall–Kier alpha value is -2.94. The highest BCUT2D eigenvalue weighted by Crippen LogP contribution is 2.46. The number of hydrogen-bond donors (Lipinski definition) is 1. The number of nitrogens with zero attached hydrogens (tertiary/aromatic N) is 1. The van der Waals surface area contributed by atoms with Gasteiger partial charge in [0.25, 0.3) is 0 Å². The first-order chi connectivity index (χ1) is 15.2. The third-order valence-electron chi connectivity index (χ3n) is 5.75. The van der Waals surface area contributed by atoms with E-state index in [9.17, 15) is 23.1 Å². The molecule has 174 valence electrons. The number of ether oxygens (including phenoxy) is 3. The van der Waals surface area contributed by atoms with Crippen molar-refractivity contribution >= 4 is 5.97 Å². The van der Waals surface area contributed by atoms with E-state index in [0.29, 0.717) is 42.9 Å². The predicted octanol–water partition coefficient (Wildman–Crippen LogP) is 4.76. The minimum Gasteiger partial charge on any atom is -0.496 e. The van der Waals surface area contributed by atoms with E-state index < -0.39 is 29.8 Å². The topological polar surface area (TPSA) is 68.2 Å². The summed E-state index contributed by atoms with van der Waals surface area (Å²) in [5.74, 6) is -0.135. The van der Waals surface area contributed by atoms with Crippen LogP contribution in [0.25, 0.3) is 0 Å². The van der Waals surface area contributed by atoms with Gasteiger partial charge < -0.3 is 19.3 Å². The van der Waals surface area contributed by atoms with Gasteiger partial charge in [-0.25, -0.2) is 0 Å². The van der Waals surface area contributed by atoms with Gasteiger partial charge in [-0.2, -0.15) is 13.2 Å². The second-order valence-corrected chi connectivity index (χ2v) is 7.52. The maximum atomic E-state index is 14.0. The maximum absolute atomic E-state index is 14.0. The van der Waals surface area contributed by atoms with E-state index in [4.69, 9.17) is 14.2 Å². The van der Waals surface area contributed by atoms with E-state index in [1.807, 2.05) is 0 Å². The molecule has 0 radical (unpaired) electrons. The number of carboxylic acid groups (broad SMARTS) is 1. The van der Waals surface area contributed by atoms with Gasteiger partial charge in [-0.05, 0) is 37.1 Å².